The number of esters is 1. The lowest BCUT2D eigenvalue weighted by Gasteiger charge is -2.36. The molecule has 0 bridgehead atoms. The lowest BCUT2D eigenvalue weighted by atomic mass is 10.2. The zero-order chi connectivity index (χ0) is 19.9. The van der Waals surface area contributed by atoms with Crippen molar-refractivity contribution in [3.05, 3.63) is 59.0 Å². The summed E-state index contributed by atoms with van der Waals surface area (Å²) in [6.45, 7) is 2.75. The summed E-state index contributed by atoms with van der Waals surface area (Å²) in [6, 6.07) is 11.3. The van der Waals surface area contributed by atoms with E-state index in [1.807, 2.05) is 29.2 Å². The van der Waals surface area contributed by atoms with Crippen LogP contribution >= 0.6 is 11.6 Å². The van der Waals surface area contributed by atoms with Gasteiger partial charge in [-0.15, -0.1) is 0 Å². The van der Waals surface area contributed by atoms with E-state index in [1.54, 1.807) is 18.2 Å². The molecule has 1 fully saturated rings. The fourth-order valence-electron chi connectivity index (χ4n) is 3.08. The van der Waals surface area contributed by atoms with Crippen molar-refractivity contribution in [2.45, 2.75) is 12.8 Å². The van der Waals surface area contributed by atoms with E-state index in [1.165, 1.54) is 13.2 Å². The molecule has 28 heavy (non-hydrogen) atoms. The van der Waals surface area contributed by atoms with Gasteiger partial charge in [0.2, 0.25) is 5.91 Å². The summed E-state index contributed by atoms with van der Waals surface area (Å²) in [4.78, 5) is 27.6. The molecule has 1 aromatic heterocycles. The third-order valence-electron chi connectivity index (χ3n) is 4.66. The molecule has 2 heterocycles. The van der Waals surface area contributed by atoms with Gasteiger partial charge in [0.1, 0.15) is 11.5 Å². The Balaban J connectivity index is 1.50. The smallest absolute Gasteiger partial charge is 0.305 e. The normalized spacial score (nSPS) is 14.5. The second kappa shape index (κ2) is 9.46. The number of piperazine rings is 1. The Labute approximate surface area is 169 Å². The minimum absolute atomic E-state index is 0.0497. The van der Waals surface area contributed by atoms with Gasteiger partial charge in [-0.25, -0.2) is 0 Å². The standard InChI is InChI=1S/C21H23ClN2O4/c1-27-21(26)11-9-17-7-6-16(28-17)8-10-20(25)24-14-12-23(13-15-24)19-5-3-2-4-18(19)22/h2-8,10H,9,11-15H2,1H3/b10-8+. The molecule has 0 saturated carbocycles. The molecule has 3 rings (SSSR count). The van der Waals surface area contributed by atoms with Crippen molar-refractivity contribution in [2.24, 2.45) is 0 Å². The minimum atomic E-state index is -0.278. The number of aryl methyl sites for hydroxylation is 1. The zero-order valence-electron chi connectivity index (χ0n) is 15.8. The average molecular weight is 403 g/mol. The van der Waals surface area contributed by atoms with Crippen molar-refractivity contribution in [1.29, 1.82) is 0 Å². The first-order valence-electron chi connectivity index (χ1n) is 9.19. The maximum absolute atomic E-state index is 12.4. The van der Waals surface area contributed by atoms with E-state index in [4.69, 9.17) is 16.0 Å². The van der Waals surface area contributed by atoms with E-state index in [0.717, 1.165) is 23.8 Å². The van der Waals surface area contributed by atoms with Gasteiger partial charge in [-0.2, -0.15) is 0 Å². The highest BCUT2D eigenvalue weighted by Gasteiger charge is 2.21. The number of rotatable bonds is 6. The maximum Gasteiger partial charge on any atom is 0.305 e. The van der Waals surface area contributed by atoms with Crippen molar-refractivity contribution in [3.8, 4) is 0 Å². The number of hydrogen-bond donors (Lipinski definition) is 0. The van der Waals surface area contributed by atoms with Crippen LogP contribution in [0.4, 0.5) is 5.69 Å². The van der Waals surface area contributed by atoms with Gasteiger partial charge in [0.15, 0.2) is 0 Å². The number of amides is 1. The van der Waals surface area contributed by atoms with Gasteiger partial charge in [0.05, 0.1) is 24.2 Å². The monoisotopic (exact) mass is 402 g/mol. The van der Waals surface area contributed by atoms with Crippen LogP contribution in [0.5, 0.6) is 0 Å². The van der Waals surface area contributed by atoms with E-state index in [9.17, 15) is 9.59 Å². The van der Waals surface area contributed by atoms with E-state index in [0.29, 0.717) is 31.0 Å². The molecule has 0 unspecified atom stereocenters. The molecule has 0 radical (unpaired) electrons. The van der Waals surface area contributed by atoms with Crippen LogP contribution in [0.1, 0.15) is 17.9 Å². The van der Waals surface area contributed by atoms with Crippen molar-refractivity contribution >= 4 is 35.2 Å². The number of benzene rings is 1. The Hall–Kier alpha value is -2.73. The molecule has 1 aliphatic heterocycles. The molecule has 148 valence electrons. The van der Waals surface area contributed by atoms with Crippen molar-refractivity contribution in [3.63, 3.8) is 0 Å². The van der Waals surface area contributed by atoms with Gasteiger partial charge >= 0.3 is 5.97 Å². The summed E-state index contributed by atoms with van der Waals surface area (Å²) in [6.07, 6.45) is 3.92. The van der Waals surface area contributed by atoms with E-state index < -0.39 is 0 Å². The van der Waals surface area contributed by atoms with Crippen LogP contribution in [0.2, 0.25) is 5.02 Å². The molecule has 1 amide bonds. The molecule has 1 aromatic carbocycles. The molecule has 2 aromatic rings. The Bertz CT molecular complexity index is 854. The van der Waals surface area contributed by atoms with Crippen LogP contribution in [0.25, 0.3) is 6.08 Å². The Morgan fingerprint density at radius 1 is 1.14 bits per heavy atom. The first kappa shape index (κ1) is 20.0. The van der Waals surface area contributed by atoms with E-state index in [-0.39, 0.29) is 18.3 Å². The lowest BCUT2D eigenvalue weighted by Crippen LogP contribution is -2.48. The van der Waals surface area contributed by atoms with Gasteiger partial charge in [0.25, 0.3) is 0 Å². The SMILES string of the molecule is COC(=O)CCc1ccc(/C=C/C(=O)N2CCN(c3ccccc3Cl)CC2)o1. The number of ether oxygens (including phenoxy) is 1. The van der Waals surface area contributed by atoms with Gasteiger partial charge < -0.3 is 19.0 Å². The second-order valence-corrected chi connectivity index (χ2v) is 6.88. The lowest BCUT2D eigenvalue weighted by molar-refractivity contribution is -0.140. The third kappa shape index (κ3) is 5.16. The van der Waals surface area contributed by atoms with Gasteiger partial charge in [0, 0.05) is 38.7 Å². The Morgan fingerprint density at radius 2 is 1.89 bits per heavy atom. The first-order valence-corrected chi connectivity index (χ1v) is 9.56. The van der Waals surface area contributed by atoms with Gasteiger partial charge in [-0.3, -0.25) is 9.59 Å². The van der Waals surface area contributed by atoms with Gasteiger partial charge in [-0.1, -0.05) is 23.7 Å². The number of anilines is 1. The predicted molar refractivity (Wildman–Crippen MR) is 108 cm³/mol. The molecule has 0 N–H and O–H groups in total. The summed E-state index contributed by atoms with van der Waals surface area (Å²) >= 11 is 6.25. The largest absolute Gasteiger partial charge is 0.469 e. The minimum Gasteiger partial charge on any atom is -0.469 e. The predicted octanol–water partition coefficient (Wildman–Crippen LogP) is 3.40. The molecule has 0 aliphatic carbocycles. The van der Waals surface area contributed by atoms with Crippen LogP contribution in [-0.2, 0) is 20.7 Å². The van der Waals surface area contributed by atoms with E-state index >= 15 is 0 Å². The Morgan fingerprint density at radius 3 is 2.61 bits per heavy atom. The zero-order valence-corrected chi connectivity index (χ0v) is 16.5. The molecular formula is C21H23ClN2O4. The van der Waals surface area contributed by atoms with Crippen LogP contribution in [0, 0.1) is 0 Å². The highest BCUT2D eigenvalue weighted by molar-refractivity contribution is 6.33. The third-order valence-corrected chi connectivity index (χ3v) is 4.98. The molecule has 0 atom stereocenters. The van der Waals surface area contributed by atoms with Crippen LogP contribution < -0.4 is 4.90 Å². The van der Waals surface area contributed by atoms with Crippen molar-refractivity contribution in [2.75, 3.05) is 38.2 Å². The van der Waals surface area contributed by atoms with Crippen LogP contribution in [-0.4, -0.2) is 50.1 Å². The van der Waals surface area contributed by atoms with Gasteiger partial charge in [-0.05, 0) is 30.3 Å². The highest BCUT2D eigenvalue weighted by Crippen LogP contribution is 2.26. The number of halogens is 1. The average Bonchev–Trinajstić information content (AvgIpc) is 3.18. The molecule has 1 aliphatic rings. The summed E-state index contributed by atoms with van der Waals surface area (Å²) in [5.74, 6) is 0.944. The number of hydrogen-bond acceptors (Lipinski definition) is 5. The topological polar surface area (TPSA) is 63.0 Å². The summed E-state index contributed by atoms with van der Waals surface area (Å²) in [5, 5.41) is 0.725. The summed E-state index contributed by atoms with van der Waals surface area (Å²) in [5.41, 5.74) is 1.00. The number of carbonyl (C=O) groups excluding carboxylic acids is 2. The maximum atomic E-state index is 12.4. The molecule has 1 saturated heterocycles. The number of para-hydroxylation sites is 1. The number of furan rings is 1. The van der Waals surface area contributed by atoms with Crippen molar-refractivity contribution in [1.82, 2.24) is 4.90 Å². The second-order valence-electron chi connectivity index (χ2n) is 6.48. The quantitative estimate of drug-likeness (QED) is 0.547. The van der Waals surface area contributed by atoms with Crippen LogP contribution in [0.3, 0.4) is 0 Å². The molecule has 6 nitrogen and oxygen atoms in total. The summed E-state index contributed by atoms with van der Waals surface area (Å²) in [7, 11) is 1.36. The Kier molecular flexibility index (Phi) is 6.76. The number of carbonyl (C=O) groups is 2. The number of methoxy groups -OCH3 is 1. The fraction of sp³-hybridized carbons (Fsp3) is 0.333. The molecule has 7 heteroatoms. The first-order chi connectivity index (χ1) is 13.6. The fourth-order valence-corrected chi connectivity index (χ4v) is 3.34. The molecular weight excluding hydrogens is 380 g/mol. The highest BCUT2D eigenvalue weighted by atomic mass is 35.5. The van der Waals surface area contributed by atoms with Crippen LogP contribution in [0.15, 0.2) is 46.9 Å². The van der Waals surface area contributed by atoms with E-state index in [2.05, 4.69) is 9.64 Å². The van der Waals surface area contributed by atoms with Crippen molar-refractivity contribution < 1.29 is 18.7 Å². The summed E-state index contributed by atoms with van der Waals surface area (Å²) < 4.78 is 10.2. The number of nitrogens with zero attached hydrogens (tertiary/aromatic N) is 2. The molecule has 0 spiro atoms.